The number of amidine groups is 1. The molecule has 0 saturated carbocycles. The maximum atomic E-state index is 13.8. The van der Waals surface area contributed by atoms with E-state index >= 15 is 0 Å². The molecule has 0 spiro atoms. The molecule has 4 amide bonds. The highest BCUT2D eigenvalue weighted by atomic mass is 16.6. The minimum atomic E-state index is -0.463. The van der Waals surface area contributed by atoms with Crippen LogP contribution >= 0.6 is 0 Å². The summed E-state index contributed by atoms with van der Waals surface area (Å²) in [7, 11) is 1.55. The number of rotatable bonds is 15. The molecular weight excluding hydrogens is 1010 g/mol. The number of methoxy groups -OCH3 is 1. The summed E-state index contributed by atoms with van der Waals surface area (Å²) in [5.41, 5.74) is 9.88. The molecule has 2 fully saturated rings. The maximum Gasteiger partial charge on any atom is 0.415 e. The van der Waals surface area contributed by atoms with Gasteiger partial charge in [-0.05, 0) is 91.6 Å². The predicted octanol–water partition coefficient (Wildman–Crippen LogP) is 4.64. The SMILES string of the molecule is CCNC(=O)c1nnc(-c2cc(C(C)C)c(O)cc2O)n1-c1ccc(C(=O)N2CCN(c3ccc(OC(=O)N4CCN(CCCOc5ccc6c(c5OC)N=C(NC(=O)c5cnc(N)nc5)N5CCN=C65)CC4)cc3)CC2)cc1. The highest BCUT2D eigenvalue weighted by Crippen LogP contribution is 2.44. The van der Waals surface area contributed by atoms with E-state index in [2.05, 4.69) is 45.6 Å². The van der Waals surface area contributed by atoms with E-state index in [9.17, 15) is 29.4 Å². The van der Waals surface area contributed by atoms with E-state index in [1.807, 2.05) is 43.0 Å². The van der Waals surface area contributed by atoms with Crippen molar-refractivity contribution in [3.63, 3.8) is 0 Å². The molecule has 4 aliphatic rings. The Morgan fingerprint density at radius 2 is 1.48 bits per heavy atom. The van der Waals surface area contributed by atoms with E-state index < -0.39 is 17.9 Å². The molecule has 0 atom stereocenters. The highest BCUT2D eigenvalue weighted by molar-refractivity contribution is 6.20. The number of nitrogen functional groups attached to an aromatic ring is 1. The minimum absolute atomic E-state index is 0.00253. The average Bonchev–Trinajstić information content (AvgIpc) is 4.27. The van der Waals surface area contributed by atoms with Crippen LogP contribution in [0.1, 0.15) is 75.6 Å². The molecule has 24 nitrogen and oxygen atoms in total. The summed E-state index contributed by atoms with van der Waals surface area (Å²) < 4.78 is 19.4. The van der Waals surface area contributed by atoms with Crippen molar-refractivity contribution in [2.45, 2.75) is 33.1 Å². The normalized spacial score (nSPS) is 15.3. The summed E-state index contributed by atoms with van der Waals surface area (Å²) >= 11 is 0. The average molecular weight is 1080 g/mol. The lowest BCUT2D eigenvalue weighted by atomic mass is 9.98. The summed E-state index contributed by atoms with van der Waals surface area (Å²) in [5, 5.41) is 35.5. The van der Waals surface area contributed by atoms with Crippen LogP contribution in [0.5, 0.6) is 28.7 Å². The number of guanidine groups is 1. The van der Waals surface area contributed by atoms with Gasteiger partial charge in [-0.15, -0.1) is 10.2 Å². The molecule has 2 saturated heterocycles. The Hall–Kier alpha value is -9.32. The molecule has 0 bridgehead atoms. The molecule has 79 heavy (non-hydrogen) atoms. The molecule has 410 valence electrons. The zero-order valence-corrected chi connectivity index (χ0v) is 44.3. The fraction of sp³-hybridized carbons (Fsp3) is 0.345. The number of aromatic hydroxyl groups is 2. The van der Waals surface area contributed by atoms with Crippen molar-refractivity contribution in [1.82, 2.24) is 55.0 Å². The number of carbonyl (C=O) groups is 4. The van der Waals surface area contributed by atoms with E-state index in [1.165, 1.54) is 23.0 Å². The summed E-state index contributed by atoms with van der Waals surface area (Å²) in [6, 6.07) is 20.8. The smallest absolute Gasteiger partial charge is 0.415 e. The topological polar surface area (TPSA) is 284 Å². The number of benzene rings is 4. The third-order valence-corrected chi connectivity index (χ3v) is 14.1. The van der Waals surface area contributed by atoms with E-state index in [4.69, 9.17) is 24.9 Å². The van der Waals surface area contributed by atoms with Gasteiger partial charge in [0.15, 0.2) is 17.3 Å². The molecular formula is C55H61N15O9. The number of nitrogens with one attached hydrogen (secondary N) is 2. The Morgan fingerprint density at radius 3 is 2.18 bits per heavy atom. The largest absolute Gasteiger partial charge is 0.508 e. The Labute approximate surface area is 455 Å². The number of carbonyl (C=O) groups excluding carboxylic acids is 4. The van der Waals surface area contributed by atoms with E-state index in [1.54, 1.807) is 66.3 Å². The van der Waals surface area contributed by atoms with Crippen molar-refractivity contribution < 1.29 is 43.6 Å². The summed E-state index contributed by atoms with van der Waals surface area (Å²) in [4.78, 5) is 80.4. The predicted molar refractivity (Wildman–Crippen MR) is 293 cm³/mol. The molecule has 0 aliphatic carbocycles. The first-order chi connectivity index (χ1) is 38.3. The molecule has 6 aromatic rings. The van der Waals surface area contributed by atoms with Crippen molar-refractivity contribution in [1.29, 1.82) is 0 Å². The van der Waals surface area contributed by atoms with Gasteiger partial charge in [0.05, 0.1) is 31.4 Å². The zero-order valence-electron chi connectivity index (χ0n) is 44.3. The number of anilines is 2. The standard InChI is InChI=1S/C55H61N15O9/c1-5-57-51(74)49-64-63-48(41-29-40(33(2)3)42(71)30-43(41)72)70(49)37-9-7-34(8-10-37)52(75)67-26-24-66(25-27-67)36-11-13-38(14-12-36)79-55(76)68-22-20-65(21-23-68)18-6-28-78-44-16-15-39-45(46(44)77-4)61-54(69-19-17-58-47(39)69)62-50(73)35-31-59-53(56)60-32-35/h7-16,29-33,71-72H,5-6,17-28H2,1-4H3,(H,57,74)(H2,56,59,60)(H,61,62,73). The van der Waals surface area contributed by atoms with Gasteiger partial charge < -0.3 is 50.2 Å². The van der Waals surface area contributed by atoms with Gasteiger partial charge in [-0.25, -0.2) is 19.8 Å². The van der Waals surface area contributed by atoms with Gasteiger partial charge in [0, 0.05) is 113 Å². The van der Waals surface area contributed by atoms with Crippen LogP contribution in [0.2, 0.25) is 0 Å². The van der Waals surface area contributed by atoms with E-state index in [0.29, 0.717) is 130 Å². The highest BCUT2D eigenvalue weighted by Gasteiger charge is 2.34. The van der Waals surface area contributed by atoms with Crippen molar-refractivity contribution in [3.05, 3.63) is 113 Å². The lowest BCUT2D eigenvalue weighted by Gasteiger charge is -2.36. The summed E-state index contributed by atoms with van der Waals surface area (Å²) in [6.45, 7) is 12.8. The first kappa shape index (κ1) is 53.1. The Morgan fingerprint density at radius 1 is 0.772 bits per heavy atom. The fourth-order valence-electron chi connectivity index (χ4n) is 9.87. The van der Waals surface area contributed by atoms with Crippen LogP contribution in [0.3, 0.4) is 0 Å². The number of phenols is 2. The van der Waals surface area contributed by atoms with Crippen LogP contribution in [0.4, 0.5) is 22.1 Å². The van der Waals surface area contributed by atoms with Crippen molar-refractivity contribution in [2.24, 2.45) is 9.98 Å². The number of hydrogen-bond acceptors (Lipinski definition) is 19. The van der Waals surface area contributed by atoms with Gasteiger partial charge in [-0.1, -0.05) is 13.8 Å². The number of nitrogens with zero attached hydrogens (tertiary/aromatic N) is 12. The second-order valence-corrected chi connectivity index (χ2v) is 19.4. The first-order valence-electron chi connectivity index (χ1n) is 26.2. The van der Waals surface area contributed by atoms with Crippen LogP contribution < -0.4 is 35.5 Å². The lowest BCUT2D eigenvalue weighted by Crippen LogP contribution is -2.49. The van der Waals surface area contributed by atoms with Gasteiger partial charge >= 0.3 is 6.09 Å². The first-order valence-corrected chi connectivity index (χ1v) is 26.2. The maximum absolute atomic E-state index is 13.8. The number of ether oxygens (including phenoxy) is 3. The van der Waals surface area contributed by atoms with Gasteiger partial charge in [-0.2, -0.15) is 0 Å². The van der Waals surface area contributed by atoms with Crippen molar-refractivity contribution in [3.8, 4) is 45.8 Å². The minimum Gasteiger partial charge on any atom is -0.508 e. The molecule has 2 aromatic heterocycles. The third-order valence-electron chi connectivity index (χ3n) is 14.1. The fourth-order valence-corrected chi connectivity index (χ4v) is 9.87. The number of fused-ring (bicyclic) bond motifs is 3. The molecule has 0 radical (unpaired) electrons. The quantitative estimate of drug-likeness (QED) is 0.0876. The third kappa shape index (κ3) is 11.3. The second-order valence-electron chi connectivity index (χ2n) is 19.4. The number of nitrogens with two attached hydrogens (primary N) is 1. The Kier molecular flexibility index (Phi) is 15.5. The number of aliphatic imine (C=N–C) groups is 2. The van der Waals surface area contributed by atoms with Gasteiger partial charge in [0.2, 0.25) is 17.7 Å². The summed E-state index contributed by atoms with van der Waals surface area (Å²) in [5.74, 6) is 1.23. The molecule has 6 N–H and O–H groups in total. The van der Waals surface area contributed by atoms with Gasteiger partial charge in [0.1, 0.15) is 28.8 Å². The Bertz CT molecular complexity index is 3310. The monoisotopic (exact) mass is 1080 g/mol. The molecule has 0 unspecified atom stereocenters. The number of hydrogen-bond donors (Lipinski definition) is 5. The number of aromatic nitrogens is 5. The van der Waals surface area contributed by atoms with Crippen LogP contribution in [-0.4, -0.2) is 182 Å². The molecule has 10 rings (SSSR count). The van der Waals surface area contributed by atoms with E-state index in [-0.39, 0.29) is 52.0 Å². The van der Waals surface area contributed by atoms with E-state index in [0.717, 1.165) is 24.2 Å². The van der Waals surface area contributed by atoms with Crippen molar-refractivity contribution in [2.75, 3.05) is 103 Å². The Balaban J connectivity index is 0.677. The molecule has 4 aliphatic heterocycles. The summed E-state index contributed by atoms with van der Waals surface area (Å²) in [6.07, 6.45) is 3.01. The lowest BCUT2D eigenvalue weighted by molar-refractivity contribution is 0.0746. The van der Waals surface area contributed by atoms with Crippen molar-refractivity contribution >= 4 is 52.9 Å². The van der Waals surface area contributed by atoms with Crippen LogP contribution in [0, 0.1) is 0 Å². The number of piperazine rings is 2. The number of amides is 4. The zero-order chi connectivity index (χ0) is 55.3. The van der Waals surface area contributed by atoms with Crippen LogP contribution in [0.15, 0.2) is 95.2 Å². The van der Waals surface area contributed by atoms with Gasteiger partial charge in [-0.3, -0.25) is 39.1 Å². The van der Waals surface area contributed by atoms with Crippen LogP contribution in [0.25, 0.3) is 17.1 Å². The molecule has 6 heterocycles. The molecule has 24 heteroatoms. The van der Waals surface area contributed by atoms with Crippen LogP contribution in [-0.2, 0) is 0 Å². The molecule has 4 aromatic carbocycles. The van der Waals surface area contributed by atoms with Gasteiger partial charge in [0.25, 0.3) is 17.7 Å². The second kappa shape index (κ2) is 23.1. The number of phenolic OH excluding ortho intramolecular Hbond substituents is 2.